The third-order valence-electron chi connectivity index (χ3n) is 3.67. The van der Waals surface area contributed by atoms with Gasteiger partial charge in [0.1, 0.15) is 0 Å². The van der Waals surface area contributed by atoms with Gasteiger partial charge in [0.15, 0.2) is 10.9 Å². The van der Waals surface area contributed by atoms with Crippen LogP contribution in [0.15, 0.2) is 64.6 Å². The van der Waals surface area contributed by atoms with Gasteiger partial charge >= 0.3 is 12.0 Å². The maximum absolute atomic E-state index is 12.4. The number of halogens is 1. The lowest BCUT2D eigenvalue weighted by Gasteiger charge is -2.12. The minimum absolute atomic E-state index is 0.174. The topological polar surface area (TPSA) is 93.2 Å². The van der Waals surface area contributed by atoms with Gasteiger partial charge in [0, 0.05) is 21.3 Å². The first kappa shape index (κ1) is 20.6. The Balaban J connectivity index is 1.77. The van der Waals surface area contributed by atoms with Gasteiger partial charge in [-0.25, -0.2) is 19.6 Å². The Morgan fingerprint density at radius 2 is 1.76 bits per heavy atom. The van der Waals surface area contributed by atoms with E-state index < -0.39 is 12.0 Å². The number of hydrogen-bond donors (Lipinski definition) is 2. The van der Waals surface area contributed by atoms with E-state index >= 15 is 0 Å². The number of rotatable bonds is 5. The number of amides is 2. The van der Waals surface area contributed by atoms with E-state index in [1.165, 1.54) is 18.9 Å². The van der Waals surface area contributed by atoms with Crippen LogP contribution >= 0.6 is 23.4 Å². The van der Waals surface area contributed by atoms with E-state index in [1.807, 2.05) is 12.1 Å². The largest absolute Gasteiger partial charge is 0.464 e. The number of hydrogen-bond acceptors (Lipinski definition) is 6. The molecule has 148 valence electrons. The van der Waals surface area contributed by atoms with Crippen LogP contribution in [0.3, 0.4) is 0 Å². The highest BCUT2D eigenvalue weighted by Crippen LogP contribution is 2.31. The number of nitrogens with one attached hydrogen (secondary N) is 2. The molecular weight excluding hydrogens is 412 g/mol. The SMILES string of the molecule is COC(=O)c1cc(C)nc(Sc2ccccc2NC(=O)Nc2ccc(Cl)cc2)n1. The molecule has 0 aliphatic rings. The van der Waals surface area contributed by atoms with Crippen LogP contribution in [0.5, 0.6) is 0 Å². The van der Waals surface area contributed by atoms with E-state index in [-0.39, 0.29) is 5.69 Å². The fraction of sp³-hybridized carbons (Fsp3) is 0.100. The predicted molar refractivity (Wildman–Crippen MR) is 113 cm³/mol. The molecule has 9 heteroatoms. The summed E-state index contributed by atoms with van der Waals surface area (Å²) < 4.78 is 4.72. The van der Waals surface area contributed by atoms with Crippen molar-refractivity contribution >= 4 is 46.7 Å². The highest BCUT2D eigenvalue weighted by atomic mass is 35.5. The monoisotopic (exact) mass is 428 g/mol. The molecule has 1 aromatic heterocycles. The number of ether oxygens (including phenoxy) is 1. The smallest absolute Gasteiger partial charge is 0.356 e. The molecule has 3 rings (SSSR count). The van der Waals surface area contributed by atoms with Gasteiger partial charge < -0.3 is 15.4 Å². The first-order chi connectivity index (χ1) is 13.9. The van der Waals surface area contributed by atoms with Crippen LogP contribution in [-0.2, 0) is 4.74 Å². The number of nitrogens with zero attached hydrogens (tertiary/aromatic N) is 2. The molecule has 0 saturated heterocycles. The van der Waals surface area contributed by atoms with Crippen molar-refractivity contribution in [2.45, 2.75) is 17.0 Å². The van der Waals surface area contributed by atoms with Crippen molar-refractivity contribution in [3.05, 3.63) is 71.0 Å². The quantitative estimate of drug-likeness (QED) is 0.437. The van der Waals surface area contributed by atoms with Crippen molar-refractivity contribution in [2.75, 3.05) is 17.7 Å². The summed E-state index contributed by atoms with van der Waals surface area (Å²) in [4.78, 5) is 33.4. The van der Waals surface area contributed by atoms with Gasteiger partial charge in [-0.3, -0.25) is 0 Å². The maximum Gasteiger partial charge on any atom is 0.356 e. The molecule has 29 heavy (non-hydrogen) atoms. The molecule has 0 unspecified atom stereocenters. The molecule has 2 aromatic carbocycles. The third-order valence-corrected chi connectivity index (χ3v) is 4.86. The zero-order chi connectivity index (χ0) is 20.8. The van der Waals surface area contributed by atoms with Crippen LogP contribution in [0, 0.1) is 6.92 Å². The first-order valence-corrected chi connectivity index (χ1v) is 9.68. The van der Waals surface area contributed by atoms with Crippen molar-refractivity contribution in [3.8, 4) is 0 Å². The minimum atomic E-state index is -0.536. The van der Waals surface area contributed by atoms with Gasteiger partial charge in [0.05, 0.1) is 12.8 Å². The van der Waals surface area contributed by atoms with E-state index in [0.29, 0.717) is 27.2 Å². The molecule has 0 spiro atoms. The number of methoxy groups -OCH3 is 1. The molecule has 2 amide bonds. The van der Waals surface area contributed by atoms with Crippen LogP contribution < -0.4 is 10.6 Å². The molecule has 0 atom stereocenters. The van der Waals surface area contributed by atoms with Gasteiger partial charge in [0.2, 0.25) is 0 Å². The predicted octanol–water partition coefficient (Wildman–Crippen LogP) is 5.02. The average molecular weight is 429 g/mol. The summed E-state index contributed by atoms with van der Waals surface area (Å²) in [5.41, 5.74) is 2.00. The van der Waals surface area contributed by atoms with E-state index in [1.54, 1.807) is 49.4 Å². The third kappa shape index (κ3) is 5.69. The summed E-state index contributed by atoms with van der Waals surface area (Å²) in [6.07, 6.45) is 0. The summed E-state index contributed by atoms with van der Waals surface area (Å²) >= 11 is 7.09. The van der Waals surface area contributed by atoms with Crippen molar-refractivity contribution in [2.24, 2.45) is 0 Å². The van der Waals surface area contributed by atoms with Crippen molar-refractivity contribution in [1.29, 1.82) is 0 Å². The molecule has 0 bridgehead atoms. The molecule has 7 nitrogen and oxygen atoms in total. The number of carbonyl (C=O) groups is 2. The Bertz CT molecular complexity index is 1040. The second kappa shape index (κ2) is 9.40. The Labute approximate surface area is 176 Å². The van der Waals surface area contributed by atoms with Crippen LogP contribution in [0.2, 0.25) is 5.02 Å². The lowest BCUT2D eigenvalue weighted by molar-refractivity contribution is 0.0592. The highest BCUT2D eigenvalue weighted by molar-refractivity contribution is 7.99. The van der Waals surface area contributed by atoms with E-state index in [4.69, 9.17) is 16.3 Å². The maximum atomic E-state index is 12.4. The van der Waals surface area contributed by atoms with Gasteiger partial charge in [0.25, 0.3) is 0 Å². The van der Waals surface area contributed by atoms with Crippen LogP contribution in [-0.4, -0.2) is 29.1 Å². The number of carbonyl (C=O) groups excluding carboxylic acids is 2. The second-order valence-electron chi connectivity index (χ2n) is 5.85. The summed E-state index contributed by atoms with van der Waals surface area (Å²) in [7, 11) is 1.30. The average Bonchev–Trinajstić information content (AvgIpc) is 2.70. The van der Waals surface area contributed by atoms with Gasteiger partial charge in [-0.2, -0.15) is 0 Å². The Morgan fingerprint density at radius 3 is 2.48 bits per heavy atom. The fourth-order valence-electron chi connectivity index (χ4n) is 2.37. The molecule has 3 aromatic rings. The van der Waals surface area contributed by atoms with E-state index in [0.717, 1.165) is 4.90 Å². The Hall–Kier alpha value is -3.10. The summed E-state index contributed by atoms with van der Waals surface area (Å²) in [6, 6.07) is 15.2. The van der Waals surface area contributed by atoms with Crippen LogP contribution in [0.1, 0.15) is 16.2 Å². The van der Waals surface area contributed by atoms with Gasteiger partial charge in [-0.15, -0.1) is 0 Å². The zero-order valence-electron chi connectivity index (χ0n) is 15.6. The number of benzene rings is 2. The van der Waals surface area contributed by atoms with E-state index in [9.17, 15) is 9.59 Å². The number of aromatic nitrogens is 2. The van der Waals surface area contributed by atoms with Gasteiger partial charge in [-0.05, 0) is 61.2 Å². The molecule has 1 heterocycles. The lowest BCUT2D eigenvalue weighted by atomic mass is 10.3. The van der Waals surface area contributed by atoms with Crippen molar-refractivity contribution in [3.63, 3.8) is 0 Å². The van der Waals surface area contributed by atoms with Gasteiger partial charge in [-0.1, -0.05) is 23.7 Å². The molecule has 0 saturated carbocycles. The highest BCUT2D eigenvalue weighted by Gasteiger charge is 2.14. The van der Waals surface area contributed by atoms with Crippen LogP contribution in [0.25, 0.3) is 0 Å². The first-order valence-electron chi connectivity index (χ1n) is 8.49. The summed E-state index contributed by atoms with van der Waals surface area (Å²) in [6.45, 7) is 1.77. The second-order valence-corrected chi connectivity index (χ2v) is 7.30. The number of aryl methyl sites for hydroxylation is 1. The molecular formula is C20H17ClN4O3S. The lowest BCUT2D eigenvalue weighted by Crippen LogP contribution is -2.19. The molecule has 0 aliphatic heterocycles. The molecule has 2 N–H and O–H groups in total. The Morgan fingerprint density at radius 1 is 1.03 bits per heavy atom. The Kier molecular flexibility index (Phi) is 6.69. The van der Waals surface area contributed by atoms with Crippen molar-refractivity contribution in [1.82, 2.24) is 9.97 Å². The van der Waals surface area contributed by atoms with Crippen LogP contribution in [0.4, 0.5) is 16.2 Å². The van der Waals surface area contributed by atoms with Crippen molar-refractivity contribution < 1.29 is 14.3 Å². The number of urea groups is 1. The normalized spacial score (nSPS) is 10.3. The fourth-order valence-corrected chi connectivity index (χ4v) is 3.40. The molecule has 0 aliphatic carbocycles. The standard InChI is InChI=1S/C20H17ClN4O3S/c1-12-11-16(18(26)28-2)25-20(22-12)29-17-6-4-3-5-15(17)24-19(27)23-14-9-7-13(21)8-10-14/h3-11H,1-2H3,(H2,23,24,27). The summed E-state index contributed by atoms with van der Waals surface area (Å²) in [5.74, 6) is -0.536. The zero-order valence-corrected chi connectivity index (χ0v) is 17.2. The summed E-state index contributed by atoms with van der Waals surface area (Å²) in [5, 5.41) is 6.50. The number of anilines is 2. The molecule has 0 fully saturated rings. The number of para-hydroxylation sites is 1. The minimum Gasteiger partial charge on any atom is -0.464 e. The number of esters is 1. The van der Waals surface area contributed by atoms with E-state index in [2.05, 4.69) is 20.6 Å². The molecule has 0 radical (unpaired) electrons.